The Morgan fingerprint density at radius 1 is 1.62 bits per heavy atom. The van der Waals surface area contributed by atoms with Crippen LogP contribution < -0.4 is 5.32 Å². The van der Waals surface area contributed by atoms with Crippen LogP contribution in [-0.4, -0.2) is 28.8 Å². The van der Waals surface area contributed by atoms with Crippen LogP contribution >= 0.6 is 23.5 Å². The van der Waals surface area contributed by atoms with Gasteiger partial charge in [-0.1, -0.05) is 6.07 Å². The molecule has 0 aromatic heterocycles. The van der Waals surface area contributed by atoms with Crippen LogP contribution in [-0.2, 0) is 4.79 Å². The highest BCUT2D eigenvalue weighted by atomic mass is 32.2. The van der Waals surface area contributed by atoms with Gasteiger partial charge in [-0.2, -0.15) is 11.8 Å². The fourth-order valence-corrected chi connectivity index (χ4v) is 2.86. The predicted molar refractivity (Wildman–Crippen MR) is 69.1 cm³/mol. The minimum atomic E-state index is -0.468. The minimum Gasteiger partial charge on any atom is -0.388 e. The van der Waals surface area contributed by atoms with E-state index < -0.39 is 6.10 Å². The summed E-state index contributed by atoms with van der Waals surface area (Å²) in [4.78, 5) is 12.3. The normalized spacial score (nSPS) is 16.5. The molecule has 86 valence electrons. The maximum absolute atomic E-state index is 11.2. The van der Waals surface area contributed by atoms with E-state index in [9.17, 15) is 9.90 Å². The Morgan fingerprint density at radius 3 is 3.19 bits per heavy atom. The predicted octanol–water partition coefficient (Wildman–Crippen LogP) is 2.13. The average molecular weight is 255 g/mol. The van der Waals surface area contributed by atoms with Gasteiger partial charge in [-0.25, -0.2) is 0 Å². The van der Waals surface area contributed by atoms with Crippen LogP contribution in [0.2, 0.25) is 0 Å². The molecule has 2 rings (SSSR count). The number of rotatable bonds is 3. The summed E-state index contributed by atoms with van der Waals surface area (Å²) >= 11 is 3.13. The molecule has 2 N–H and O–H groups in total. The van der Waals surface area contributed by atoms with Gasteiger partial charge in [0.2, 0.25) is 5.91 Å². The third-order valence-electron chi connectivity index (χ3n) is 2.35. The number of hydrogen-bond donors (Lipinski definition) is 2. The largest absolute Gasteiger partial charge is 0.388 e. The van der Waals surface area contributed by atoms with E-state index in [2.05, 4.69) is 5.32 Å². The first-order valence-corrected chi connectivity index (χ1v) is 7.32. The molecule has 1 amide bonds. The molecule has 0 spiro atoms. The molecule has 1 atom stereocenters. The smallest absolute Gasteiger partial charge is 0.234 e. The Bertz CT molecular complexity index is 409. The zero-order chi connectivity index (χ0) is 11.5. The molecule has 0 bridgehead atoms. The molecule has 16 heavy (non-hydrogen) atoms. The number of amides is 1. The lowest BCUT2D eigenvalue weighted by molar-refractivity contribution is -0.113. The van der Waals surface area contributed by atoms with Crippen molar-refractivity contribution in [2.24, 2.45) is 0 Å². The van der Waals surface area contributed by atoms with Gasteiger partial charge >= 0.3 is 0 Å². The first-order valence-electron chi connectivity index (χ1n) is 4.94. The van der Waals surface area contributed by atoms with E-state index in [0.717, 1.165) is 16.1 Å². The summed E-state index contributed by atoms with van der Waals surface area (Å²) in [6, 6.07) is 5.74. The molecule has 0 aliphatic carbocycles. The lowest BCUT2D eigenvalue weighted by Gasteiger charge is -2.18. The highest BCUT2D eigenvalue weighted by Crippen LogP contribution is 2.33. The monoisotopic (exact) mass is 255 g/mol. The minimum absolute atomic E-state index is 0.0222. The van der Waals surface area contributed by atoms with Gasteiger partial charge in [-0.15, -0.1) is 11.8 Å². The van der Waals surface area contributed by atoms with Crippen LogP contribution in [0.3, 0.4) is 0 Å². The highest BCUT2D eigenvalue weighted by Gasteiger charge is 2.17. The second-order valence-electron chi connectivity index (χ2n) is 3.56. The number of aliphatic hydroxyl groups is 1. The van der Waals surface area contributed by atoms with Crippen LogP contribution in [0.15, 0.2) is 23.1 Å². The number of carbonyl (C=O) groups excluding carboxylic acids is 1. The first-order chi connectivity index (χ1) is 7.70. The number of aliphatic hydroxyl groups excluding tert-OH is 1. The Morgan fingerprint density at radius 2 is 2.44 bits per heavy atom. The van der Waals surface area contributed by atoms with Crippen molar-refractivity contribution >= 4 is 35.1 Å². The van der Waals surface area contributed by atoms with Gasteiger partial charge in [0, 0.05) is 10.6 Å². The fraction of sp³-hybridized carbons (Fsp3) is 0.364. The molecular weight excluding hydrogens is 242 g/mol. The molecule has 1 aliphatic rings. The van der Waals surface area contributed by atoms with Gasteiger partial charge in [0.1, 0.15) is 0 Å². The SMILES string of the molecule is CSCC(O)c1ccc2c(c1)NC(=O)CS2. The van der Waals surface area contributed by atoms with E-state index in [1.54, 1.807) is 11.8 Å². The number of nitrogens with one attached hydrogen (secondary N) is 1. The highest BCUT2D eigenvalue weighted by molar-refractivity contribution is 8.00. The molecular formula is C11H13NO2S2. The van der Waals surface area contributed by atoms with Crippen molar-refractivity contribution < 1.29 is 9.90 Å². The lowest BCUT2D eigenvalue weighted by atomic mass is 10.1. The fourth-order valence-electron chi connectivity index (χ4n) is 1.56. The van der Waals surface area contributed by atoms with Crippen LogP contribution in [0.1, 0.15) is 11.7 Å². The van der Waals surface area contributed by atoms with Gasteiger partial charge in [0.25, 0.3) is 0 Å². The van der Waals surface area contributed by atoms with Gasteiger partial charge in [0.05, 0.1) is 17.5 Å². The van der Waals surface area contributed by atoms with E-state index in [1.165, 1.54) is 11.8 Å². The van der Waals surface area contributed by atoms with Crippen LogP contribution in [0, 0.1) is 0 Å². The van der Waals surface area contributed by atoms with Crippen molar-refractivity contribution in [3.63, 3.8) is 0 Å². The van der Waals surface area contributed by atoms with Gasteiger partial charge in [0.15, 0.2) is 0 Å². The van der Waals surface area contributed by atoms with E-state index >= 15 is 0 Å². The third kappa shape index (κ3) is 2.53. The number of hydrogen-bond acceptors (Lipinski definition) is 4. The number of fused-ring (bicyclic) bond motifs is 1. The van der Waals surface area contributed by atoms with Crippen molar-refractivity contribution in [3.05, 3.63) is 23.8 Å². The Hall–Kier alpha value is -0.650. The molecule has 0 saturated heterocycles. The summed E-state index contributed by atoms with van der Waals surface area (Å²) < 4.78 is 0. The Balaban J connectivity index is 2.24. The maximum atomic E-state index is 11.2. The molecule has 0 saturated carbocycles. The van der Waals surface area contributed by atoms with Gasteiger partial charge in [-0.05, 0) is 24.0 Å². The quantitative estimate of drug-likeness (QED) is 0.868. The zero-order valence-corrected chi connectivity index (χ0v) is 10.5. The van der Waals surface area contributed by atoms with E-state index in [-0.39, 0.29) is 5.91 Å². The van der Waals surface area contributed by atoms with Crippen molar-refractivity contribution in [2.45, 2.75) is 11.0 Å². The summed E-state index contributed by atoms with van der Waals surface area (Å²) in [7, 11) is 0. The zero-order valence-electron chi connectivity index (χ0n) is 8.90. The van der Waals surface area contributed by atoms with Crippen molar-refractivity contribution in [1.29, 1.82) is 0 Å². The Kier molecular flexibility index (Phi) is 3.78. The average Bonchev–Trinajstić information content (AvgIpc) is 2.28. The first kappa shape index (κ1) is 11.8. The summed E-state index contributed by atoms with van der Waals surface area (Å²) in [5, 5.41) is 12.7. The van der Waals surface area contributed by atoms with Crippen molar-refractivity contribution in [1.82, 2.24) is 0 Å². The summed E-state index contributed by atoms with van der Waals surface area (Å²) in [5.74, 6) is 1.16. The summed E-state index contributed by atoms with van der Waals surface area (Å²) in [5.41, 5.74) is 1.68. The second-order valence-corrected chi connectivity index (χ2v) is 5.49. The summed E-state index contributed by atoms with van der Waals surface area (Å²) in [6.45, 7) is 0. The standard InChI is InChI=1S/C11H13NO2S2/c1-15-5-9(13)7-2-3-10-8(4-7)12-11(14)6-16-10/h2-4,9,13H,5-6H2,1H3,(H,12,14). The third-order valence-corrected chi connectivity index (χ3v) is 4.07. The lowest BCUT2D eigenvalue weighted by Crippen LogP contribution is -2.19. The van der Waals surface area contributed by atoms with Gasteiger partial charge in [-0.3, -0.25) is 4.79 Å². The van der Waals surface area contributed by atoms with Crippen molar-refractivity contribution in [2.75, 3.05) is 23.1 Å². The number of benzene rings is 1. The van der Waals surface area contributed by atoms with E-state index in [4.69, 9.17) is 0 Å². The maximum Gasteiger partial charge on any atom is 0.234 e. The molecule has 0 radical (unpaired) electrons. The van der Waals surface area contributed by atoms with E-state index in [0.29, 0.717) is 11.5 Å². The van der Waals surface area contributed by atoms with Crippen LogP contribution in [0.25, 0.3) is 0 Å². The summed E-state index contributed by atoms with van der Waals surface area (Å²) in [6.07, 6.45) is 1.49. The number of carbonyl (C=O) groups is 1. The molecule has 1 aromatic carbocycles. The van der Waals surface area contributed by atoms with Gasteiger partial charge < -0.3 is 10.4 Å². The van der Waals surface area contributed by atoms with E-state index in [1.807, 2.05) is 24.5 Å². The van der Waals surface area contributed by atoms with Crippen molar-refractivity contribution in [3.8, 4) is 0 Å². The second kappa shape index (κ2) is 5.12. The molecule has 1 aromatic rings. The molecule has 1 heterocycles. The van der Waals surface area contributed by atoms with Crippen LogP contribution in [0.4, 0.5) is 5.69 Å². The molecule has 1 unspecified atom stereocenters. The van der Waals surface area contributed by atoms with Crippen LogP contribution in [0.5, 0.6) is 0 Å². The topological polar surface area (TPSA) is 49.3 Å². The Labute approximate surface area is 103 Å². The number of thioether (sulfide) groups is 2. The molecule has 0 fully saturated rings. The molecule has 5 heteroatoms. The molecule has 3 nitrogen and oxygen atoms in total. The number of anilines is 1. The molecule has 1 aliphatic heterocycles.